The van der Waals surface area contributed by atoms with Gasteiger partial charge in [0.05, 0.1) is 5.69 Å². The van der Waals surface area contributed by atoms with Crippen LogP contribution in [0.15, 0.2) is 121 Å². The summed E-state index contributed by atoms with van der Waals surface area (Å²) in [5.74, 6) is 0. The molecule has 30 heavy (non-hydrogen) atoms. The van der Waals surface area contributed by atoms with E-state index >= 15 is 0 Å². The largest absolute Gasteiger partial charge is 0.310 e. The van der Waals surface area contributed by atoms with Crippen molar-refractivity contribution in [2.75, 3.05) is 4.90 Å². The van der Waals surface area contributed by atoms with Crippen molar-refractivity contribution < 1.29 is 0 Å². The third kappa shape index (κ3) is 3.46. The molecule has 0 bridgehead atoms. The van der Waals surface area contributed by atoms with Crippen molar-refractivity contribution in [3.63, 3.8) is 0 Å². The minimum Gasteiger partial charge on any atom is -0.310 e. The van der Waals surface area contributed by atoms with Crippen molar-refractivity contribution in [1.29, 1.82) is 0 Å². The van der Waals surface area contributed by atoms with Gasteiger partial charge in [0.15, 0.2) is 0 Å². The van der Waals surface area contributed by atoms with Crippen molar-refractivity contribution >= 4 is 27.8 Å². The molecule has 0 aliphatic carbocycles. The number of rotatable bonds is 4. The van der Waals surface area contributed by atoms with E-state index < -0.39 is 0 Å². The SMILES string of the molecule is Cc1ccc(N(c2ccccc2)c2cc3ccccc3cc2-c2ccccc2)cc1. The van der Waals surface area contributed by atoms with Gasteiger partial charge in [-0.25, -0.2) is 0 Å². The van der Waals surface area contributed by atoms with Crippen molar-refractivity contribution in [3.8, 4) is 11.1 Å². The Morgan fingerprint density at radius 2 is 1.03 bits per heavy atom. The van der Waals surface area contributed by atoms with Crippen LogP contribution < -0.4 is 4.90 Å². The average Bonchev–Trinajstić information content (AvgIpc) is 2.81. The fourth-order valence-corrected chi connectivity index (χ4v) is 3.96. The predicted octanol–water partition coefficient (Wildman–Crippen LogP) is 8.29. The van der Waals surface area contributed by atoms with E-state index in [-0.39, 0.29) is 0 Å². The molecule has 0 N–H and O–H groups in total. The third-order valence-electron chi connectivity index (χ3n) is 5.50. The van der Waals surface area contributed by atoms with Crippen LogP contribution in [0.1, 0.15) is 5.56 Å². The number of nitrogens with zero attached hydrogens (tertiary/aromatic N) is 1. The number of hydrogen-bond donors (Lipinski definition) is 0. The molecule has 1 nitrogen and oxygen atoms in total. The number of hydrogen-bond acceptors (Lipinski definition) is 1. The molecule has 0 unspecified atom stereocenters. The van der Waals surface area contributed by atoms with E-state index in [9.17, 15) is 0 Å². The van der Waals surface area contributed by atoms with E-state index in [1.807, 2.05) is 0 Å². The molecule has 0 radical (unpaired) electrons. The Labute approximate surface area is 177 Å². The highest BCUT2D eigenvalue weighted by atomic mass is 15.1. The van der Waals surface area contributed by atoms with E-state index in [0.717, 1.165) is 11.4 Å². The van der Waals surface area contributed by atoms with Gasteiger partial charge < -0.3 is 4.90 Å². The lowest BCUT2D eigenvalue weighted by Gasteiger charge is -2.28. The molecular formula is C29H23N. The first-order chi connectivity index (χ1) is 14.8. The van der Waals surface area contributed by atoms with Crippen LogP contribution in [-0.2, 0) is 0 Å². The third-order valence-corrected chi connectivity index (χ3v) is 5.50. The maximum atomic E-state index is 2.36. The summed E-state index contributed by atoms with van der Waals surface area (Å²) in [6.45, 7) is 2.13. The maximum absolute atomic E-state index is 2.36. The summed E-state index contributed by atoms with van der Waals surface area (Å²) in [6, 6.07) is 43.2. The lowest BCUT2D eigenvalue weighted by atomic mass is 9.97. The lowest BCUT2D eigenvalue weighted by molar-refractivity contribution is 1.28. The zero-order valence-electron chi connectivity index (χ0n) is 17.0. The first kappa shape index (κ1) is 18.2. The normalized spacial score (nSPS) is 10.8. The quantitative estimate of drug-likeness (QED) is 0.301. The fourth-order valence-electron chi connectivity index (χ4n) is 3.96. The molecule has 0 atom stereocenters. The van der Waals surface area contributed by atoms with Crippen LogP contribution in [-0.4, -0.2) is 0 Å². The van der Waals surface area contributed by atoms with Crippen molar-refractivity contribution in [1.82, 2.24) is 0 Å². The molecule has 0 aromatic heterocycles. The summed E-state index contributed by atoms with van der Waals surface area (Å²) in [6.07, 6.45) is 0. The van der Waals surface area contributed by atoms with E-state index in [4.69, 9.17) is 0 Å². The van der Waals surface area contributed by atoms with Crippen LogP contribution in [0, 0.1) is 6.92 Å². The van der Waals surface area contributed by atoms with Crippen molar-refractivity contribution in [3.05, 3.63) is 127 Å². The van der Waals surface area contributed by atoms with Crippen LogP contribution in [0.25, 0.3) is 21.9 Å². The molecule has 0 fully saturated rings. The van der Waals surface area contributed by atoms with Crippen LogP contribution in [0.2, 0.25) is 0 Å². The Morgan fingerprint density at radius 3 is 1.70 bits per heavy atom. The van der Waals surface area contributed by atoms with Gasteiger partial charge in [-0.2, -0.15) is 0 Å². The number of para-hydroxylation sites is 1. The number of benzene rings is 5. The van der Waals surface area contributed by atoms with Crippen LogP contribution >= 0.6 is 0 Å². The Bertz CT molecular complexity index is 1270. The van der Waals surface area contributed by atoms with Gasteiger partial charge in [0.2, 0.25) is 0 Å². The highest BCUT2D eigenvalue weighted by molar-refractivity contribution is 5.98. The Kier molecular flexibility index (Phi) is 4.78. The number of anilines is 3. The first-order valence-electron chi connectivity index (χ1n) is 10.3. The van der Waals surface area contributed by atoms with E-state index in [1.54, 1.807) is 0 Å². The predicted molar refractivity (Wildman–Crippen MR) is 129 cm³/mol. The van der Waals surface area contributed by atoms with Crippen molar-refractivity contribution in [2.45, 2.75) is 6.92 Å². The molecule has 1 heteroatoms. The Balaban J connectivity index is 1.82. The topological polar surface area (TPSA) is 3.24 Å². The molecule has 5 aromatic rings. The standard InChI is InChI=1S/C29H23N/c1-22-16-18-27(19-17-22)30(26-14-6-3-7-15-26)29-21-25-13-9-8-12-24(25)20-28(29)23-10-4-2-5-11-23/h2-21H,1H3. The highest BCUT2D eigenvalue weighted by Crippen LogP contribution is 2.42. The molecule has 0 heterocycles. The summed E-state index contributed by atoms with van der Waals surface area (Å²) < 4.78 is 0. The van der Waals surface area contributed by atoms with Gasteiger partial charge in [0.25, 0.3) is 0 Å². The minimum absolute atomic E-state index is 1.15. The zero-order valence-corrected chi connectivity index (χ0v) is 17.0. The maximum Gasteiger partial charge on any atom is 0.0546 e. The average molecular weight is 386 g/mol. The summed E-state index contributed by atoms with van der Waals surface area (Å²) in [4.78, 5) is 2.36. The molecule has 0 aliphatic heterocycles. The molecule has 5 aromatic carbocycles. The van der Waals surface area contributed by atoms with Gasteiger partial charge in [0, 0.05) is 16.9 Å². The minimum atomic E-state index is 1.15. The van der Waals surface area contributed by atoms with Crippen LogP contribution in [0.4, 0.5) is 17.1 Å². The van der Waals surface area contributed by atoms with Crippen molar-refractivity contribution in [2.24, 2.45) is 0 Å². The van der Waals surface area contributed by atoms with Gasteiger partial charge in [-0.3, -0.25) is 0 Å². The van der Waals surface area contributed by atoms with Gasteiger partial charge in [-0.05, 0) is 59.7 Å². The second kappa shape index (κ2) is 7.88. The molecule has 5 rings (SSSR count). The van der Waals surface area contributed by atoms with Crippen LogP contribution in [0.5, 0.6) is 0 Å². The summed E-state index contributed by atoms with van der Waals surface area (Å²) in [5.41, 5.74) is 7.17. The lowest BCUT2D eigenvalue weighted by Crippen LogP contribution is -2.11. The van der Waals surface area contributed by atoms with Gasteiger partial charge in [-0.15, -0.1) is 0 Å². The zero-order chi connectivity index (χ0) is 20.3. The summed E-state index contributed by atoms with van der Waals surface area (Å²) >= 11 is 0. The van der Waals surface area contributed by atoms with E-state index in [2.05, 4.69) is 133 Å². The first-order valence-corrected chi connectivity index (χ1v) is 10.3. The van der Waals surface area contributed by atoms with E-state index in [0.29, 0.717) is 0 Å². The fraction of sp³-hybridized carbons (Fsp3) is 0.0345. The molecule has 0 spiro atoms. The molecule has 0 aliphatic rings. The molecular weight excluding hydrogens is 362 g/mol. The Morgan fingerprint density at radius 1 is 0.500 bits per heavy atom. The second-order valence-corrected chi connectivity index (χ2v) is 7.59. The number of fused-ring (bicyclic) bond motifs is 1. The Hall–Kier alpha value is -3.84. The van der Waals surface area contributed by atoms with Gasteiger partial charge in [-0.1, -0.05) is 90.5 Å². The number of aryl methyl sites for hydroxylation is 1. The molecule has 0 amide bonds. The molecule has 0 saturated carbocycles. The molecule has 144 valence electrons. The monoisotopic (exact) mass is 385 g/mol. The second-order valence-electron chi connectivity index (χ2n) is 7.59. The highest BCUT2D eigenvalue weighted by Gasteiger charge is 2.17. The summed E-state index contributed by atoms with van der Waals surface area (Å²) in [5, 5.41) is 2.48. The summed E-state index contributed by atoms with van der Waals surface area (Å²) in [7, 11) is 0. The molecule has 0 saturated heterocycles. The van der Waals surface area contributed by atoms with E-state index in [1.165, 1.54) is 33.2 Å². The smallest absolute Gasteiger partial charge is 0.0546 e. The van der Waals surface area contributed by atoms with Gasteiger partial charge >= 0.3 is 0 Å². The van der Waals surface area contributed by atoms with Crippen LogP contribution in [0.3, 0.4) is 0 Å². The van der Waals surface area contributed by atoms with Gasteiger partial charge in [0.1, 0.15) is 0 Å².